The van der Waals surface area contributed by atoms with Crippen molar-refractivity contribution < 1.29 is 18.7 Å². The first-order valence-electron chi connectivity index (χ1n) is 6.56. The van der Waals surface area contributed by atoms with Crippen LogP contribution >= 0.6 is 23.4 Å². The van der Waals surface area contributed by atoms with Crippen LogP contribution in [0.2, 0.25) is 5.02 Å². The molecule has 0 aliphatic rings. The Balaban J connectivity index is 1.95. The van der Waals surface area contributed by atoms with Gasteiger partial charge >= 0.3 is 5.97 Å². The van der Waals surface area contributed by atoms with Crippen molar-refractivity contribution in [1.29, 1.82) is 0 Å². The predicted molar refractivity (Wildman–Crippen MR) is 88.5 cm³/mol. The average molecular weight is 354 g/mol. The largest absolute Gasteiger partial charge is 0.452 e. The van der Waals surface area contributed by atoms with E-state index in [9.17, 15) is 14.0 Å². The topological polar surface area (TPSA) is 55.4 Å². The summed E-state index contributed by atoms with van der Waals surface area (Å²) in [4.78, 5) is 24.5. The van der Waals surface area contributed by atoms with Crippen LogP contribution in [0.25, 0.3) is 0 Å². The van der Waals surface area contributed by atoms with Gasteiger partial charge in [-0.1, -0.05) is 23.7 Å². The minimum atomic E-state index is -0.924. The van der Waals surface area contributed by atoms with Crippen LogP contribution in [0.3, 0.4) is 0 Å². The van der Waals surface area contributed by atoms with E-state index in [1.807, 2.05) is 18.4 Å². The van der Waals surface area contributed by atoms with Crippen molar-refractivity contribution in [2.45, 2.75) is 4.90 Å². The van der Waals surface area contributed by atoms with Crippen LogP contribution in [-0.4, -0.2) is 24.7 Å². The zero-order chi connectivity index (χ0) is 16.8. The molecule has 0 aromatic heterocycles. The lowest BCUT2D eigenvalue weighted by Crippen LogP contribution is -2.21. The molecular weight excluding hydrogens is 341 g/mol. The van der Waals surface area contributed by atoms with E-state index in [0.717, 1.165) is 11.0 Å². The van der Waals surface area contributed by atoms with Gasteiger partial charge in [-0.15, -0.1) is 11.8 Å². The van der Waals surface area contributed by atoms with Crippen LogP contribution in [0.1, 0.15) is 10.4 Å². The number of thioether (sulfide) groups is 1. The van der Waals surface area contributed by atoms with E-state index in [2.05, 4.69) is 5.32 Å². The number of amides is 1. The SMILES string of the molecule is CSc1ccccc1NC(=O)COC(=O)c1ccc(Cl)cc1F. The molecule has 0 bridgehead atoms. The van der Waals surface area contributed by atoms with Gasteiger partial charge < -0.3 is 10.1 Å². The van der Waals surface area contributed by atoms with Crippen molar-refractivity contribution in [2.75, 3.05) is 18.2 Å². The average Bonchev–Trinajstić information content (AvgIpc) is 2.53. The van der Waals surface area contributed by atoms with Crippen molar-refractivity contribution >= 4 is 40.9 Å². The van der Waals surface area contributed by atoms with Crippen molar-refractivity contribution in [3.05, 3.63) is 58.9 Å². The molecule has 0 aliphatic carbocycles. The van der Waals surface area contributed by atoms with E-state index < -0.39 is 24.3 Å². The molecule has 0 atom stereocenters. The second kappa shape index (κ2) is 7.99. The molecule has 1 N–H and O–H groups in total. The van der Waals surface area contributed by atoms with Crippen LogP contribution in [0.5, 0.6) is 0 Å². The third-order valence-electron chi connectivity index (χ3n) is 2.87. The number of anilines is 1. The van der Waals surface area contributed by atoms with Crippen LogP contribution in [-0.2, 0) is 9.53 Å². The number of hydrogen-bond donors (Lipinski definition) is 1. The van der Waals surface area contributed by atoms with Crippen molar-refractivity contribution in [3.8, 4) is 0 Å². The zero-order valence-electron chi connectivity index (χ0n) is 12.1. The molecule has 2 aromatic carbocycles. The molecule has 0 saturated carbocycles. The lowest BCUT2D eigenvalue weighted by Gasteiger charge is -2.10. The Labute approximate surface area is 142 Å². The molecule has 2 aromatic rings. The molecule has 2 rings (SSSR count). The summed E-state index contributed by atoms with van der Waals surface area (Å²) in [5, 5.41) is 2.81. The molecule has 0 saturated heterocycles. The molecule has 0 unspecified atom stereocenters. The fraction of sp³-hybridized carbons (Fsp3) is 0.125. The highest BCUT2D eigenvalue weighted by atomic mass is 35.5. The van der Waals surface area contributed by atoms with Gasteiger partial charge in [0.1, 0.15) is 5.82 Å². The van der Waals surface area contributed by atoms with Crippen LogP contribution in [0.4, 0.5) is 10.1 Å². The second-order valence-electron chi connectivity index (χ2n) is 4.45. The Bertz CT molecular complexity index is 739. The molecule has 0 heterocycles. The number of nitrogens with one attached hydrogen (secondary N) is 1. The fourth-order valence-corrected chi connectivity index (χ4v) is 2.51. The number of carbonyl (C=O) groups excluding carboxylic acids is 2. The third kappa shape index (κ3) is 4.71. The first-order chi connectivity index (χ1) is 11.0. The van der Waals surface area contributed by atoms with Crippen molar-refractivity contribution in [3.63, 3.8) is 0 Å². The first-order valence-corrected chi connectivity index (χ1v) is 8.16. The summed E-state index contributed by atoms with van der Waals surface area (Å²) in [6, 6.07) is 10.8. The number of ether oxygens (including phenoxy) is 1. The Kier molecular flexibility index (Phi) is 6.01. The van der Waals surface area contributed by atoms with E-state index in [-0.39, 0.29) is 10.6 Å². The molecular formula is C16H13ClFNO3S. The minimum absolute atomic E-state index is 0.172. The first kappa shape index (κ1) is 17.3. The number of benzene rings is 2. The monoisotopic (exact) mass is 353 g/mol. The summed E-state index contributed by atoms with van der Waals surface area (Å²) in [5.41, 5.74) is 0.352. The number of esters is 1. The molecule has 7 heteroatoms. The number of rotatable bonds is 5. The van der Waals surface area contributed by atoms with E-state index in [0.29, 0.717) is 5.69 Å². The summed E-state index contributed by atoms with van der Waals surface area (Å²) in [5.74, 6) is -2.22. The summed E-state index contributed by atoms with van der Waals surface area (Å²) in [6.07, 6.45) is 1.88. The fourth-order valence-electron chi connectivity index (χ4n) is 1.80. The van der Waals surface area contributed by atoms with Crippen molar-refractivity contribution in [1.82, 2.24) is 0 Å². The Morgan fingerprint density at radius 1 is 1.26 bits per heavy atom. The molecule has 4 nitrogen and oxygen atoms in total. The van der Waals surface area contributed by atoms with Crippen LogP contribution in [0.15, 0.2) is 47.4 Å². The Morgan fingerprint density at radius 2 is 2.00 bits per heavy atom. The summed E-state index contributed by atoms with van der Waals surface area (Å²) in [7, 11) is 0. The normalized spacial score (nSPS) is 10.2. The van der Waals surface area contributed by atoms with Crippen LogP contribution < -0.4 is 5.32 Å². The van der Waals surface area contributed by atoms with Gasteiger partial charge in [0.15, 0.2) is 6.61 Å². The van der Waals surface area contributed by atoms with Crippen LogP contribution in [0, 0.1) is 5.82 Å². The number of carbonyl (C=O) groups is 2. The van der Waals surface area contributed by atoms with Gasteiger partial charge in [0, 0.05) is 9.92 Å². The second-order valence-corrected chi connectivity index (χ2v) is 5.73. The standard InChI is InChI=1S/C16H13ClFNO3S/c1-23-14-5-3-2-4-13(14)19-15(20)9-22-16(21)11-7-6-10(17)8-12(11)18/h2-8H,9H2,1H3,(H,19,20). The van der Waals surface area contributed by atoms with Gasteiger partial charge in [0.05, 0.1) is 11.3 Å². The predicted octanol–water partition coefficient (Wildman–Crippen LogP) is 4.00. The third-order valence-corrected chi connectivity index (χ3v) is 3.90. The lowest BCUT2D eigenvalue weighted by molar-refractivity contribution is -0.119. The van der Waals surface area contributed by atoms with Gasteiger partial charge in [-0.2, -0.15) is 0 Å². The van der Waals surface area contributed by atoms with Gasteiger partial charge in [-0.05, 0) is 36.6 Å². The van der Waals surface area contributed by atoms with Gasteiger partial charge in [0.25, 0.3) is 5.91 Å². The van der Waals surface area contributed by atoms with E-state index in [1.165, 1.54) is 23.9 Å². The highest BCUT2D eigenvalue weighted by Gasteiger charge is 2.15. The highest BCUT2D eigenvalue weighted by Crippen LogP contribution is 2.24. The maximum absolute atomic E-state index is 13.6. The smallest absolute Gasteiger partial charge is 0.341 e. The van der Waals surface area contributed by atoms with Gasteiger partial charge in [-0.25, -0.2) is 9.18 Å². The summed E-state index contributed by atoms with van der Waals surface area (Å²) >= 11 is 7.09. The zero-order valence-corrected chi connectivity index (χ0v) is 13.7. The maximum Gasteiger partial charge on any atom is 0.341 e. The number of hydrogen-bond acceptors (Lipinski definition) is 4. The summed E-state index contributed by atoms with van der Waals surface area (Å²) < 4.78 is 18.4. The minimum Gasteiger partial charge on any atom is -0.452 e. The van der Waals surface area contributed by atoms with E-state index >= 15 is 0 Å². The molecule has 0 radical (unpaired) electrons. The Morgan fingerprint density at radius 3 is 2.70 bits per heavy atom. The molecule has 120 valence electrons. The van der Waals surface area contributed by atoms with E-state index in [1.54, 1.807) is 12.1 Å². The summed E-state index contributed by atoms with van der Waals surface area (Å²) in [6.45, 7) is -0.510. The highest BCUT2D eigenvalue weighted by molar-refractivity contribution is 7.98. The molecule has 0 spiro atoms. The Hall–Kier alpha value is -2.05. The van der Waals surface area contributed by atoms with E-state index in [4.69, 9.17) is 16.3 Å². The van der Waals surface area contributed by atoms with Gasteiger partial charge in [0.2, 0.25) is 0 Å². The number of halogens is 2. The molecule has 1 amide bonds. The maximum atomic E-state index is 13.6. The van der Waals surface area contributed by atoms with Crippen molar-refractivity contribution in [2.24, 2.45) is 0 Å². The number of para-hydroxylation sites is 1. The quantitative estimate of drug-likeness (QED) is 0.652. The molecule has 0 fully saturated rings. The lowest BCUT2D eigenvalue weighted by atomic mass is 10.2. The molecule has 0 aliphatic heterocycles. The molecule has 23 heavy (non-hydrogen) atoms. The van der Waals surface area contributed by atoms with Gasteiger partial charge in [-0.3, -0.25) is 4.79 Å².